The fourth-order valence-electron chi connectivity index (χ4n) is 3.22. The topological polar surface area (TPSA) is 52.6 Å². The number of nitrogens with one attached hydrogen (secondary N) is 1. The number of amides is 1. The Morgan fingerprint density at radius 1 is 1.37 bits per heavy atom. The molecule has 0 radical (unpaired) electrons. The van der Waals surface area contributed by atoms with Crippen molar-refractivity contribution < 1.29 is 9.90 Å². The van der Waals surface area contributed by atoms with Crippen molar-refractivity contribution in [2.45, 2.75) is 31.9 Å². The molecule has 19 heavy (non-hydrogen) atoms. The van der Waals surface area contributed by atoms with E-state index in [9.17, 15) is 9.90 Å². The van der Waals surface area contributed by atoms with Crippen LogP contribution in [0.5, 0.6) is 0 Å². The second-order valence-corrected chi connectivity index (χ2v) is 5.52. The van der Waals surface area contributed by atoms with E-state index in [0.717, 1.165) is 37.2 Å². The largest absolute Gasteiger partial charge is 0.389 e. The van der Waals surface area contributed by atoms with E-state index in [4.69, 9.17) is 0 Å². The molecule has 2 saturated heterocycles. The zero-order valence-corrected chi connectivity index (χ0v) is 11.2. The maximum Gasteiger partial charge on any atom is 0.225 e. The Balaban J connectivity index is 1.83. The van der Waals surface area contributed by atoms with Crippen molar-refractivity contribution >= 4 is 11.6 Å². The molecule has 0 aliphatic carbocycles. The van der Waals surface area contributed by atoms with Crippen molar-refractivity contribution in [1.29, 1.82) is 0 Å². The average molecular weight is 260 g/mol. The van der Waals surface area contributed by atoms with Gasteiger partial charge in [0, 0.05) is 18.8 Å². The van der Waals surface area contributed by atoms with E-state index in [0.29, 0.717) is 6.04 Å². The highest BCUT2D eigenvalue weighted by Gasteiger charge is 2.40. The van der Waals surface area contributed by atoms with Crippen LogP contribution in [0, 0.1) is 5.92 Å². The molecular formula is C15H20N2O2. The molecule has 3 unspecified atom stereocenters. The smallest absolute Gasteiger partial charge is 0.225 e. The van der Waals surface area contributed by atoms with Crippen LogP contribution in [0.15, 0.2) is 24.3 Å². The van der Waals surface area contributed by atoms with Crippen LogP contribution in [-0.2, 0) is 4.79 Å². The average Bonchev–Trinajstić information content (AvgIpc) is 2.81. The van der Waals surface area contributed by atoms with Crippen LogP contribution in [0.2, 0.25) is 0 Å². The number of rotatable bonds is 2. The molecule has 3 atom stereocenters. The van der Waals surface area contributed by atoms with Crippen molar-refractivity contribution in [3.63, 3.8) is 0 Å². The zero-order valence-electron chi connectivity index (χ0n) is 11.2. The number of anilines is 1. The van der Waals surface area contributed by atoms with Crippen LogP contribution in [0.25, 0.3) is 0 Å². The summed E-state index contributed by atoms with van der Waals surface area (Å²) in [5.74, 6) is 0.348. The molecule has 102 valence electrons. The second kappa shape index (κ2) is 4.85. The van der Waals surface area contributed by atoms with Crippen molar-refractivity contribution in [3.05, 3.63) is 29.8 Å². The van der Waals surface area contributed by atoms with Gasteiger partial charge in [-0.2, -0.15) is 0 Å². The van der Waals surface area contributed by atoms with E-state index >= 15 is 0 Å². The van der Waals surface area contributed by atoms with Crippen molar-refractivity contribution in [2.75, 3.05) is 18.0 Å². The van der Waals surface area contributed by atoms with Gasteiger partial charge >= 0.3 is 0 Å². The lowest BCUT2D eigenvalue weighted by atomic mass is 9.91. The van der Waals surface area contributed by atoms with Crippen LogP contribution >= 0.6 is 0 Å². The Labute approximate surface area is 113 Å². The fourth-order valence-corrected chi connectivity index (χ4v) is 3.22. The number of aliphatic hydroxyl groups is 1. The van der Waals surface area contributed by atoms with Crippen LogP contribution < -0.4 is 10.2 Å². The highest BCUT2D eigenvalue weighted by atomic mass is 16.3. The number of hydrogen-bond donors (Lipinski definition) is 2. The number of fused-ring (bicyclic) bond motifs is 1. The van der Waals surface area contributed by atoms with Crippen LogP contribution in [0.4, 0.5) is 5.69 Å². The quantitative estimate of drug-likeness (QED) is 0.846. The zero-order chi connectivity index (χ0) is 13.4. The molecule has 4 nitrogen and oxygen atoms in total. The fraction of sp³-hybridized carbons (Fsp3) is 0.533. The first kappa shape index (κ1) is 12.5. The van der Waals surface area contributed by atoms with E-state index in [1.54, 1.807) is 6.92 Å². The lowest BCUT2D eigenvalue weighted by Crippen LogP contribution is -2.45. The Kier molecular flexibility index (Phi) is 3.19. The molecule has 0 bridgehead atoms. The number of hydrogen-bond acceptors (Lipinski definition) is 3. The van der Waals surface area contributed by atoms with Gasteiger partial charge < -0.3 is 15.3 Å². The maximum atomic E-state index is 11.8. The summed E-state index contributed by atoms with van der Waals surface area (Å²) in [6.07, 6.45) is 1.63. The third-order valence-electron chi connectivity index (χ3n) is 4.31. The molecular weight excluding hydrogens is 240 g/mol. The standard InChI is InChI=1S/C15H20N2O2/c1-10(18)11-4-6-12(7-5-11)17-8-2-3-13-14(17)9-16-15(13)19/h4-7,10,13-14,18H,2-3,8-9H2,1H3,(H,16,19). The predicted octanol–water partition coefficient (Wildman–Crippen LogP) is 1.45. The lowest BCUT2D eigenvalue weighted by molar-refractivity contribution is -0.122. The van der Waals surface area contributed by atoms with E-state index in [-0.39, 0.29) is 11.8 Å². The minimum absolute atomic E-state index is 0.144. The molecule has 0 spiro atoms. The highest BCUT2D eigenvalue weighted by Crippen LogP contribution is 2.32. The number of nitrogens with zero attached hydrogens (tertiary/aromatic N) is 1. The maximum absolute atomic E-state index is 11.8. The Morgan fingerprint density at radius 3 is 2.79 bits per heavy atom. The third-order valence-corrected chi connectivity index (χ3v) is 4.31. The molecule has 1 aromatic carbocycles. The molecule has 4 heteroatoms. The molecule has 2 heterocycles. The first-order chi connectivity index (χ1) is 9.16. The number of carbonyl (C=O) groups excluding carboxylic acids is 1. The number of benzene rings is 1. The summed E-state index contributed by atoms with van der Waals surface area (Å²) < 4.78 is 0. The van der Waals surface area contributed by atoms with E-state index in [1.807, 2.05) is 24.3 Å². The molecule has 1 amide bonds. The summed E-state index contributed by atoms with van der Waals surface area (Å²) in [4.78, 5) is 14.1. The normalized spacial score (nSPS) is 27.9. The minimum atomic E-state index is -0.433. The summed E-state index contributed by atoms with van der Waals surface area (Å²) in [6.45, 7) is 3.53. The van der Waals surface area contributed by atoms with Crippen LogP contribution in [-0.4, -0.2) is 30.1 Å². The van der Waals surface area contributed by atoms with Gasteiger partial charge in [0.15, 0.2) is 0 Å². The van der Waals surface area contributed by atoms with Gasteiger partial charge in [0.05, 0.1) is 18.1 Å². The second-order valence-electron chi connectivity index (χ2n) is 5.52. The van der Waals surface area contributed by atoms with Crippen molar-refractivity contribution in [2.24, 2.45) is 5.92 Å². The van der Waals surface area contributed by atoms with E-state index < -0.39 is 6.10 Å². The van der Waals surface area contributed by atoms with Gasteiger partial charge in [0.2, 0.25) is 5.91 Å². The molecule has 2 fully saturated rings. The first-order valence-electron chi connectivity index (χ1n) is 6.99. The van der Waals surface area contributed by atoms with Gasteiger partial charge in [0.1, 0.15) is 0 Å². The van der Waals surface area contributed by atoms with Crippen molar-refractivity contribution in [1.82, 2.24) is 5.32 Å². The molecule has 2 N–H and O–H groups in total. The van der Waals surface area contributed by atoms with E-state index in [1.165, 1.54) is 0 Å². The van der Waals surface area contributed by atoms with Gasteiger partial charge in [-0.25, -0.2) is 0 Å². The van der Waals surface area contributed by atoms with Gasteiger partial charge in [0.25, 0.3) is 0 Å². The van der Waals surface area contributed by atoms with Gasteiger partial charge in [-0.1, -0.05) is 12.1 Å². The monoisotopic (exact) mass is 260 g/mol. The van der Waals surface area contributed by atoms with Gasteiger partial charge in [-0.05, 0) is 37.5 Å². The summed E-state index contributed by atoms with van der Waals surface area (Å²) in [6, 6.07) is 8.32. The molecule has 3 rings (SSSR count). The molecule has 2 aliphatic rings. The SMILES string of the molecule is CC(O)c1ccc(N2CCCC3C(=O)NCC32)cc1. The predicted molar refractivity (Wildman–Crippen MR) is 73.9 cm³/mol. The van der Waals surface area contributed by atoms with Crippen molar-refractivity contribution in [3.8, 4) is 0 Å². The third kappa shape index (κ3) is 2.21. The van der Waals surface area contributed by atoms with Crippen LogP contribution in [0.1, 0.15) is 31.4 Å². The Bertz CT molecular complexity index is 470. The summed E-state index contributed by atoms with van der Waals surface area (Å²) >= 11 is 0. The minimum Gasteiger partial charge on any atom is -0.389 e. The molecule has 0 saturated carbocycles. The van der Waals surface area contributed by atoms with E-state index in [2.05, 4.69) is 10.2 Å². The Hall–Kier alpha value is -1.55. The number of carbonyl (C=O) groups is 1. The molecule has 2 aliphatic heterocycles. The molecule has 1 aromatic rings. The summed E-state index contributed by atoms with van der Waals surface area (Å²) in [7, 11) is 0. The first-order valence-corrected chi connectivity index (χ1v) is 6.99. The number of piperidine rings is 1. The molecule has 0 aromatic heterocycles. The highest BCUT2D eigenvalue weighted by molar-refractivity contribution is 5.83. The Morgan fingerprint density at radius 2 is 2.11 bits per heavy atom. The summed E-state index contributed by atoms with van der Waals surface area (Å²) in [5, 5.41) is 12.5. The van der Waals surface area contributed by atoms with Crippen LogP contribution in [0.3, 0.4) is 0 Å². The summed E-state index contributed by atoms with van der Waals surface area (Å²) in [5.41, 5.74) is 2.08. The lowest BCUT2D eigenvalue weighted by Gasteiger charge is -2.37. The number of aliphatic hydroxyl groups excluding tert-OH is 1. The van der Waals surface area contributed by atoms with Gasteiger partial charge in [-0.3, -0.25) is 4.79 Å². The van der Waals surface area contributed by atoms with Gasteiger partial charge in [-0.15, -0.1) is 0 Å².